The predicted molar refractivity (Wildman–Crippen MR) is 92.5 cm³/mol. The fraction of sp³-hybridized carbons (Fsp3) is 0.235. The Morgan fingerprint density at radius 1 is 0.962 bits per heavy atom. The molecule has 26 heavy (non-hydrogen) atoms. The quantitative estimate of drug-likeness (QED) is 0.796. The molecule has 9 heteroatoms. The fourth-order valence-electron chi connectivity index (χ4n) is 2.72. The summed E-state index contributed by atoms with van der Waals surface area (Å²) in [6.07, 6.45) is 0. The van der Waals surface area contributed by atoms with Gasteiger partial charge in [0.05, 0.1) is 10.5 Å². The van der Waals surface area contributed by atoms with Gasteiger partial charge in [-0.05, 0) is 42.5 Å². The van der Waals surface area contributed by atoms with E-state index in [1.165, 1.54) is 33.5 Å². The van der Waals surface area contributed by atoms with Crippen molar-refractivity contribution in [2.45, 2.75) is 4.90 Å². The van der Waals surface area contributed by atoms with Gasteiger partial charge in [0.25, 0.3) is 5.91 Å². The molecule has 5 nitrogen and oxygen atoms in total. The van der Waals surface area contributed by atoms with Gasteiger partial charge in [-0.15, -0.1) is 0 Å². The predicted octanol–water partition coefficient (Wildman–Crippen LogP) is 2.76. The van der Waals surface area contributed by atoms with E-state index in [0.29, 0.717) is 0 Å². The molecule has 1 aliphatic rings. The van der Waals surface area contributed by atoms with E-state index in [1.807, 2.05) is 0 Å². The van der Waals surface area contributed by atoms with Crippen LogP contribution in [0.5, 0.6) is 0 Å². The molecule has 0 atom stereocenters. The molecule has 0 spiro atoms. The third-order valence-corrected chi connectivity index (χ3v) is 6.29. The number of amides is 1. The smallest absolute Gasteiger partial charge is 0.256 e. The van der Waals surface area contributed by atoms with Gasteiger partial charge < -0.3 is 4.90 Å². The minimum atomic E-state index is -3.77. The van der Waals surface area contributed by atoms with Crippen molar-refractivity contribution < 1.29 is 22.0 Å². The molecular weight excluding hydrogens is 386 g/mol. The molecular formula is C17H15ClF2N2O3S. The third-order valence-electron chi connectivity index (χ3n) is 4.14. The zero-order chi connectivity index (χ0) is 18.9. The van der Waals surface area contributed by atoms with Crippen molar-refractivity contribution in [3.8, 4) is 0 Å². The molecule has 1 amide bonds. The maximum absolute atomic E-state index is 13.9. The lowest BCUT2D eigenvalue weighted by atomic mass is 10.1. The first kappa shape index (κ1) is 18.8. The molecule has 1 heterocycles. The van der Waals surface area contributed by atoms with Crippen LogP contribution in [0.15, 0.2) is 47.4 Å². The zero-order valence-electron chi connectivity index (χ0n) is 13.5. The van der Waals surface area contributed by atoms with E-state index in [1.54, 1.807) is 0 Å². The second kappa shape index (κ2) is 7.30. The normalized spacial score (nSPS) is 15.9. The first-order valence-corrected chi connectivity index (χ1v) is 9.61. The van der Waals surface area contributed by atoms with Crippen LogP contribution in [0.1, 0.15) is 10.4 Å². The summed E-state index contributed by atoms with van der Waals surface area (Å²) in [4.78, 5) is 13.8. The number of rotatable bonds is 3. The van der Waals surface area contributed by atoms with Crippen LogP contribution < -0.4 is 0 Å². The van der Waals surface area contributed by atoms with Gasteiger partial charge in [0.2, 0.25) is 10.0 Å². The standard InChI is InChI=1S/C17H15ClF2N2O3S/c18-12-1-6-15(16(20)11-12)17(23)21-7-9-22(10-8-21)26(24,25)14-4-2-13(19)3-5-14/h1-6,11H,7-10H2. The molecule has 0 unspecified atom stereocenters. The van der Waals surface area contributed by atoms with Crippen molar-refractivity contribution in [1.82, 2.24) is 9.21 Å². The van der Waals surface area contributed by atoms with Gasteiger partial charge in [-0.1, -0.05) is 11.6 Å². The molecule has 1 fully saturated rings. The number of benzene rings is 2. The highest BCUT2D eigenvalue weighted by atomic mass is 35.5. The summed E-state index contributed by atoms with van der Waals surface area (Å²) in [5, 5.41) is 0.189. The van der Waals surface area contributed by atoms with E-state index in [9.17, 15) is 22.0 Å². The first-order valence-electron chi connectivity index (χ1n) is 7.79. The number of carbonyl (C=O) groups excluding carboxylic acids is 1. The number of hydrogen-bond acceptors (Lipinski definition) is 3. The van der Waals surface area contributed by atoms with Crippen LogP contribution in [0.2, 0.25) is 5.02 Å². The number of piperazine rings is 1. The van der Waals surface area contributed by atoms with E-state index < -0.39 is 27.6 Å². The van der Waals surface area contributed by atoms with Gasteiger partial charge in [-0.25, -0.2) is 17.2 Å². The molecule has 1 aliphatic heterocycles. The van der Waals surface area contributed by atoms with Gasteiger partial charge in [-0.3, -0.25) is 4.79 Å². The van der Waals surface area contributed by atoms with Crippen LogP contribution >= 0.6 is 11.6 Å². The van der Waals surface area contributed by atoms with Gasteiger partial charge in [0.1, 0.15) is 11.6 Å². The van der Waals surface area contributed by atoms with Crippen molar-refractivity contribution in [1.29, 1.82) is 0 Å². The van der Waals surface area contributed by atoms with Crippen molar-refractivity contribution in [3.63, 3.8) is 0 Å². The minimum Gasteiger partial charge on any atom is -0.336 e. The maximum atomic E-state index is 13.9. The zero-order valence-corrected chi connectivity index (χ0v) is 15.1. The SMILES string of the molecule is O=C(c1ccc(Cl)cc1F)N1CCN(S(=O)(=O)c2ccc(F)cc2)CC1. The molecule has 0 saturated carbocycles. The summed E-state index contributed by atoms with van der Waals surface area (Å²) < 4.78 is 53.2. The number of nitrogens with zero attached hydrogens (tertiary/aromatic N) is 2. The summed E-state index contributed by atoms with van der Waals surface area (Å²) >= 11 is 5.68. The van der Waals surface area contributed by atoms with Crippen LogP contribution in [-0.2, 0) is 10.0 Å². The third kappa shape index (κ3) is 3.72. The van der Waals surface area contributed by atoms with Gasteiger partial charge in [-0.2, -0.15) is 4.31 Å². The Morgan fingerprint density at radius 3 is 2.15 bits per heavy atom. The van der Waals surface area contributed by atoms with Crippen LogP contribution in [0.25, 0.3) is 0 Å². The van der Waals surface area contributed by atoms with Gasteiger partial charge in [0, 0.05) is 31.2 Å². The highest BCUT2D eigenvalue weighted by Gasteiger charge is 2.31. The topological polar surface area (TPSA) is 57.7 Å². The highest BCUT2D eigenvalue weighted by molar-refractivity contribution is 7.89. The molecule has 0 N–H and O–H groups in total. The van der Waals surface area contributed by atoms with E-state index in [4.69, 9.17) is 11.6 Å². The summed E-state index contributed by atoms with van der Waals surface area (Å²) in [5.74, 6) is -1.76. The number of hydrogen-bond donors (Lipinski definition) is 0. The van der Waals surface area contributed by atoms with Gasteiger partial charge >= 0.3 is 0 Å². The average molecular weight is 401 g/mol. The summed E-state index contributed by atoms with van der Waals surface area (Å²) in [6, 6.07) is 8.35. The summed E-state index contributed by atoms with van der Waals surface area (Å²) in [7, 11) is -3.77. The Hall–Kier alpha value is -2.03. The molecule has 1 saturated heterocycles. The Morgan fingerprint density at radius 2 is 1.58 bits per heavy atom. The first-order chi connectivity index (χ1) is 12.3. The Bertz CT molecular complexity index is 928. The Balaban J connectivity index is 1.70. The maximum Gasteiger partial charge on any atom is 0.256 e. The molecule has 138 valence electrons. The van der Waals surface area contributed by atoms with E-state index in [-0.39, 0.29) is 41.7 Å². The fourth-order valence-corrected chi connectivity index (χ4v) is 4.30. The second-order valence-electron chi connectivity index (χ2n) is 5.77. The van der Waals surface area contributed by atoms with Crippen LogP contribution in [-0.4, -0.2) is 49.7 Å². The van der Waals surface area contributed by atoms with Crippen molar-refractivity contribution in [2.24, 2.45) is 0 Å². The van der Waals surface area contributed by atoms with Crippen molar-refractivity contribution in [2.75, 3.05) is 26.2 Å². The van der Waals surface area contributed by atoms with Crippen LogP contribution in [0.3, 0.4) is 0 Å². The average Bonchev–Trinajstić information content (AvgIpc) is 2.62. The second-order valence-corrected chi connectivity index (χ2v) is 8.15. The number of sulfonamides is 1. The summed E-state index contributed by atoms with van der Waals surface area (Å²) in [6.45, 7) is 0.393. The molecule has 0 radical (unpaired) electrons. The largest absolute Gasteiger partial charge is 0.336 e. The van der Waals surface area contributed by atoms with Crippen LogP contribution in [0, 0.1) is 11.6 Å². The monoisotopic (exact) mass is 400 g/mol. The molecule has 0 aromatic heterocycles. The summed E-state index contributed by atoms with van der Waals surface area (Å²) in [5.41, 5.74) is -0.107. The highest BCUT2D eigenvalue weighted by Crippen LogP contribution is 2.20. The van der Waals surface area contributed by atoms with E-state index in [0.717, 1.165) is 18.2 Å². The van der Waals surface area contributed by atoms with Crippen molar-refractivity contribution >= 4 is 27.5 Å². The molecule has 2 aromatic carbocycles. The van der Waals surface area contributed by atoms with E-state index in [2.05, 4.69) is 0 Å². The lowest BCUT2D eigenvalue weighted by Crippen LogP contribution is -2.50. The van der Waals surface area contributed by atoms with Gasteiger partial charge in [0.15, 0.2) is 0 Å². The lowest BCUT2D eigenvalue weighted by Gasteiger charge is -2.34. The van der Waals surface area contributed by atoms with Crippen molar-refractivity contribution in [3.05, 3.63) is 64.7 Å². The molecule has 0 aliphatic carbocycles. The number of carbonyl (C=O) groups is 1. The Labute approximate surface area is 154 Å². The molecule has 2 aromatic rings. The number of halogens is 3. The molecule has 3 rings (SSSR count). The Kier molecular flexibility index (Phi) is 5.27. The lowest BCUT2D eigenvalue weighted by molar-refractivity contribution is 0.0693. The molecule has 0 bridgehead atoms. The van der Waals surface area contributed by atoms with Crippen LogP contribution in [0.4, 0.5) is 8.78 Å². The minimum absolute atomic E-state index is 0.0116. The van der Waals surface area contributed by atoms with E-state index >= 15 is 0 Å².